The number of nitrogens with zero attached hydrogens (tertiary/aromatic N) is 1. The van der Waals surface area contributed by atoms with Crippen LogP contribution in [0, 0.1) is 11.3 Å². The number of amides is 5. The summed E-state index contributed by atoms with van der Waals surface area (Å²) < 4.78 is 38.5. The molecule has 0 radical (unpaired) electrons. The number of para-hydroxylation sites is 1. The molecule has 1 aromatic rings. The minimum absolute atomic E-state index is 0.110. The molecule has 1 saturated heterocycles. The van der Waals surface area contributed by atoms with Crippen molar-refractivity contribution in [1.82, 2.24) is 20.3 Å². The van der Waals surface area contributed by atoms with E-state index in [1.807, 2.05) is 19.1 Å². The number of anilines is 1. The van der Waals surface area contributed by atoms with Crippen molar-refractivity contribution in [2.75, 3.05) is 11.9 Å². The van der Waals surface area contributed by atoms with E-state index >= 15 is 0 Å². The number of benzene rings is 1. The van der Waals surface area contributed by atoms with Gasteiger partial charge >= 0.3 is 12.2 Å². The van der Waals surface area contributed by atoms with Crippen molar-refractivity contribution >= 4 is 45.6 Å². The second-order valence-corrected chi connectivity index (χ2v) is 17.4. The van der Waals surface area contributed by atoms with Crippen LogP contribution in [0.4, 0.5) is 15.3 Å². The molecule has 15 heteroatoms. The normalized spacial score (nSPS) is 24.0. The van der Waals surface area contributed by atoms with Crippen molar-refractivity contribution in [2.24, 2.45) is 11.3 Å². The number of hydrogen-bond acceptors (Lipinski definition) is 9. The third kappa shape index (κ3) is 9.34. The molecule has 4 N–H and O–H groups in total. The van der Waals surface area contributed by atoms with E-state index in [9.17, 15) is 32.4 Å². The van der Waals surface area contributed by atoms with E-state index in [-0.39, 0.29) is 19.4 Å². The van der Waals surface area contributed by atoms with Gasteiger partial charge < -0.3 is 25.0 Å². The molecule has 1 aromatic carbocycles. The molecule has 0 spiro atoms. The zero-order valence-corrected chi connectivity index (χ0v) is 30.8. The number of nitrogens with one attached hydrogen (secondary N) is 4. The topological polar surface area (TPSA) is 189 Å². The van der Waals surface area contributed by atoms with Crippen molar-refractivity contribution < 1.29 is 41.9 Å². The average Bonchev–Trinajstić information content (AvgIpc) is 3.92. The van der Waals surface area contributed by atoms with E-state index in [4.69, 9.17) is 9.47 Å². The minimum atomic E-state index is -3.91. The zero-order chi connectivity index (χ0) is 37.2. The first-order valence-electron chi connectivity index (χ1n) is 17.1. The number of likely N-dealkylation sites (tertiary alicyclic amines) is 1. The van der Waals surface area contributed by atoms with Crippen LogP contribution in [0.2, 0.25) is 0 Å². The van der Waals surface area contributed by atoms with Crippen LogP contribution in [0.1, 0.15) is 86.1 Å². The second-order valence-electron chi connectivity index (χ2n) is 15.4. The predicted octanol–water partition coefficient (Wildman–Crippen LogP) is 3.77. The Morgan fingerprint density at radius 1 is 1.06 bits per heavy atom. The van der Waals surface area contributed by atoms with Crippen LogP contribution in [-0.4, -0.2) is 84.3 Å². The van der Waals surface area contributed by atoms with Crippen molar-refractivity contribution in [3.05, 3.63) is 42.5 Å². The van der Waals surface area contributed by atoms with Crippen molar-refractivity contribution in [2.45, 2.75) is 122 Å². The maximum atomic E-state index is 14.3. The molecule has 1 aliphatic heterocycles. The van der Waals surface area contributed by atoms with Crippen molar-refractivity contribution in [3.63, 3.8) is 0 Å². The van der Waals surface area contributed by atoms with E-state index in [0.717, 1.165) is 18.4 Å². The van der Waals surface area contributed by atoms with Crippen molar-refractivity contribution in [3.8, 4) is 0 Å². The van der Waals surface area contributed by atoms with Crippen LogP contribution < -0.4 is 20.7 Å². The first-order valence-corrected chi connectivity index (χ1v) is 18.6. The SMILES string of the molecule is C=CC1CC1(NC(=O)[C@@H]1C[C@@H](OC(=O)Nc2ccccc2CCC)CN1C(=O)[C@@H](NC(=O)OC(C)(C)C)C(C)(C)C)C(=O)NS(=O)(=O)C1CC1. The van der Waals surface area contributed by atoms with Gasteiger partial charge in [0.1, 0.15) is 29.3 Å². The molecule has 5 atom stereocenters. The average molecular weight is 718 g/mol. The Hall–Kier alpha value is -4.14. The van der Waals surface area contributed by atoms with E-state index in [0.29, 0.717) is 18.5 Å². The van der Waals surface area contributed by atoms with Gasteiger partial charge in [-0.1, -0.05) is 58.4 Å². The van der Waals surface area contributed by atoms with E-state index in [1.54, 1.807) is 53.7 Å². The van der Waals surface area contributed by atoms with Crippen LogP contribution in [0.15, 0.2) is 36.9 Å². The Morgan fingerprint density at radius 2 is 1.72 bits per heavy atom. The molecule has 3 aliphatic rings. The number of aryl methyl sites for hydroxylation is 1. The molecule has 2 unspecified atom stereocenters. The highest BCUT2D eigenvalue weighted by Crippen LogP contribution is 2.45. The molecular weight excluding hydrogens is 666 g/mol. The lowest BCUT2D eigenvalue weighted by Gasteiger charge is -2.36. The fraction of sp³-hybridized carbons (Fsp3) is 0.629. The molecule has 2 saturated carbocycles. The van der Waals surface area contributed by atoms with E-state index in [2.05, 4.69) is 27.3 Å². The van der Waals surface area contributed by atoms with E-state index in [1.165, 1.54) is 11.0 Å². The number of carbonyl (C=O) groups excluding carboxylic acids is 5. The number of carbonyl (C=O) groups is 5. The van der Waals surface area contributed by atoms with Gasteiger partial charge in [0.05, 0.1) is 11.8 Å². The lowest BCUT2D eigenvalue weighted by atomic mass is 9.85. The van der Waals surface area contributed by atoms with Crippen LogP contribution in [0.25, 0.3) is 0 Å². The minimum Gasteiger partial charge on any atom is -0.444 e. The first kappa shape index (κ1) is 38.7. The molecule has 3 fully saturated rings. The lowest BCUT2D eigenvalue weighted by Crippen LogP contribution is -2.60. The highest BCUT2D eigenvalue weighted by Gasteiger charge is 2.62. The third-order valence-electron chi connectivity index (χ3n) is 8.92. The number of sulfonamides is 1. The third-order valence-corrected chi connectivity index (χ3v) is 10.7. The largest absolute Gasteiger partial charge is 0.444 e. The van der Waals surface area contributed by atoms with Gasteiger partial charge in [0.25, 0.3) is 5.91 Å². The van der Waals surface area contributed by atoms with Crippen LogP contribution in [-0.2, 0) is 40.3 Å². The molecule has 0 bridgehead atoms. The maximum Gasteiger partial charge on any atom is 0.411 e. The molecule has 50 heavy (non-hydrogen) atoms. The summed E-state index contributed by atoms with van der Waals surface area (Å²) in [6, 6.07) is 4.90. The van der Waals surface area contributed by atoms with Gasteiger partial charge in [-0.15, -0.1) is 6.58 Å². The smallest absolute Gasteiger partial charge is 0.411 e. The summed E-state index contributed by atoms with van der Waals surface area (Å²) in [7, 11) is -3.91. The molecular formula is C35H51N5O9S. The number of alkyl carbamates (subject to hydrolysis) is 1. The Bertz CT molecular complexity index is 1610. The molecule has 4 rings (SSSR count). The standard InChI is InChI=1S/C35H51N5O9S/c1-9-13-21-14-11-12-15-25(21)36-31(44)48-23-18-26(40(20-23)29(42)27(33(3,4)5)37-32(45)49-34(6,7)8)28(41)38-35(19-22(35)10-2)30(43)39-50(46,47)24-16-17-24/h10-12,14-15,22-24,26-27H,2,9,13,16-20H2,1,3-8H3,(H,36,44)(H,37,45)(H,38,41)(H,39,43)/t22?,23-,26+,27-,35?/m1/s1. The molecule has 0 aromatic heterocycles. The molecule has 5 amide bonds. The van der Waals surface area contributed by atoms with Gasteiger partial charge in [-0.2, -0.15) is 0 Å². The highest BCUT2D eigenvalue weighted by atomic mass is 32.2. The van der Waals surface area contributed by atoms with Gasteiger partial charge in [0, 0.05) is 18.0 Å². The molecule has 1 heterocycles. The Morgan fingerprint density at radius 3 is 2.28 bits per heavy atom. The van der Waals surface area contributed by atoms with Gasteiger partial charge in [0.2, 0.25) is 21.8 Å². The van der Waals surface area contributed by atoms with Crippen LogP contribution in [0.5, 0.6) is 0 Å². The summed E-state index contributed by atoms with van der Waals surface area (Å²) in [6.45, 7) is 15.8. The quantitative estimate of drug-likeness (QED) is 0.233. The van der Waals surface area contributed by atoms with Gasteiger partial charge in [-0.3, -0.25) is 24.4 Å². The summed E-state index contributed by atoms with van der Waals surface area (Å²) in [5.41, 5.74) is -1.79. The molecule has 276 valence electrons. The first-order chi connectivity index (χ1) is 23.2. The molecule has 14 nitrogen and oxygen atoms in total. The maximum absolute atomic E-state index is 14.3. The fourth-order valence-electron chi connectivity index (χ4n) is 6.05. The summed E-state index contributed by atoms with van der Waals surface area (Å²) >= 11 is 0. The second kappa shape index (κ2) is 14.6. The summed E-state index contributed by atoms with van der Waals surface area (Å²) in [5, 5.41) is 7.46. The zero-order valence-electron chi connectivity index (χ0n) is 30.0. The van der Waals surface area contributed by atoms with Crippen LogP contribution in [0.3, 0.4) is 0 Å². The lowest BCUT2D eigenvalue weighted by molar-refractivity contribution is -0.143. The Balaban J connectivity index is 1.59. The monoisotopic (exact) mass is 717 g/mol. The van der Waals surface area contributed by atoms with E-state index < -0.39 is 85.8 Å². The van der Waals surface area contributed by atoms with Gasteiger partial charge in [-0.05, 0) is 63.5 Å². The summed E-state index contributed by atoms with van der Waals surface area (Å²) in [6.07, 6.45) is 1.38. The Labute approximate surface area is 294 Å². The fourth-order valence-corrected chi connectivity index (χ4v) is 7.42. The summed E-state index contributed by atoms with van der Waals surface area (Å²) in [5.74, 6) is -2.81. The number of hydrogen-bond donors (Lipinski definition) is 4. The summed E-state index contributed by atoms with van der Waals surface area (Å²) in [4.78, 5) is 68.9. The van der Waals surface area contributed by atoms with Gasteiger partial charge in [0.15, 0.2) is 0 Å². The predicted molar refractivity (Wildman–Crippen MR) is 186 cm³/mol. The van der Waals surface area contributed by atoms with Gasteiger partial charge in [-0.25, -0.2) is 18.0 Å². The highest BCUT2D eigenvalue weighted by molar-refractivity contribution is 7.91. The Kier molecular flexibility index (Phi) is 11.3. The number of ether oxygens (including phenoxy) is 2. The molecule has 2 aliphatic carbocycles. The van der Waals surface area contributed by atoms with Crippen molar-refractivity contribution in [1.29, 1.82) is 0 Å². The number of rotatable bonds is 12. The van der Waals surface area contributed by atoms with Crippen LogP contribution >= 0.6 is 0 Å².